The quantitative estimate of drug-likeness (QED) is 0.347. The number of carbonyl (C=O) groups excluding carboxylic acids is 4. The van der Waals surface area contributed by atoms with E-state index in [0.717, 1.165) is 6.42 Å². The van der Waals surface area contributed by atoms with Crippen molar-refractivity contribution in [2.45, 2.75) is 121 Å². The molecular formula is C38H52N6O9S. The lowest BCUT2D eigenvalue weighted by atomic mass is 9.88. The summed E-state index contributed by atoms with van der Waals surface area (Å²) in [5.41, 5.74) is -2.36. The molecular weight excluding hydrogens is 717 g/mol. The minimum absolute atomic E-state index is 0.0120. The maximum absolute atomic E-state index is 14.7. The lowest BCUT2D eigenvalue weighted by Gasteiger charge is -2.33. The maximum Gasteiger partial charge on any atom is 0.408 e. The number of aromatic nitrogens is 2. The predicted molar refractivity (Wildman–Crippen MR) is 199 cm³/mol. The molecule has 0 spiro atoms. The predicted octanol–water partition coefficient (Wildman–Crippen LogP) is 3.77. The zero-order valence-electron chi connectivity index (χ0n) is 32.0. The largest absolute Gasteiger partial charge is 0.479 e. The molecule has 2 aliphatic heterocycles. The summed E-state index contributed by atoms with van der Waals surface area (Å²) < 4.78 is 44.9. The van der Waals surface area contributed by atoms with Crippen molar-refractivity contribution in [1.82, 2.24) is 30.5 Å². The highest BCUT2D eigenvalue weighted by Gasteiger charge is 2.63. The number of fused-ring (bicyclic) bond motifs is 3. The van der Waals surface area contributed by atoms with Gasteiger partial charge in [-0.3, -0.25) is 19.1 Å². The zero-order chi connectivity index (χ0) is 39.2. The number of nitrogens with zero attached hydrogens (tertiary/aromatic N) is 3. The monoisotopic (exact) mass is 768 g/mol. The molecule has 3 fully saturated rings. The van der Waals surface area contributed by atoms with E-state index >= 15 is 0 Å². The molecule has 294 valence electrons. The number of hydrogen-bond donors (Lipinski definition) is 3. The van der Waals surface area contributed by atoms with Gasteiger partial charge in [-0.1, -0.05) is 38.1 Å². The van der Waals surface area contributed by atoms with Crippen molar-refractivity contribution in [3.8, 4) is 11.8 Å². The van der Waals surface area contributed by atoms with Gasteiger partial charge in [-0.15, -0.1) is 10.2 Å². The van der Waals surface area contributed by atoms with Crippen molar-refractivity contribution in [2.24, 2.45) is 17.8 Å². The van der Waals surface area contributed by atoms with Crippen LogP contribution in [-0.4, -0.2) is 95.1 Å². The van der Waals surface area contributed by atoms with Gasteiger partial charge in [-0.25, -0.2) is 13.2 Å². The Labute approximate surface area is 316 Å². The van der Waals surface area contributed by atoms with Gasteiger partial charge in [0.2, 0.25) is 33.6 Å². The van der Waals surface area contributed by atoms with E-state index in [-0.39, 0.29) is 37.1 Å². The Hall–Kier alpha value is -4.47. The molecule has 2 saturated carbocycles. The van der Waals surface area contributed by atoms with Crippen LogP contribution < -0.4 is 24.8 Å². The summed E-state index contributed by atoms with van der Waals surface area (Å²) in [6.07, 6.45) is 5.39. The summed E-state index contributed by atoms with van der Waals surface area (Å²) in [5, 5.41) is 15.4. The summed E-state index contributed by atoms with van der Waals surface area (Å²) >= 11 is 0. The number of hydrogen-bond acceptors (Lipinski definition) is 11. The number of methoxy groups -OCH3 is 1. The van der Waals surface area contributed by atoms with Gasteiger partial charge in [0.25, 0.3) is 5.91 Å². The Balaban J connectivity index is 1.35. The fourth-order valence-electron chi connectivity index (χ4n) is 7.48. The van der Waals surface area contributed by atoms with Crippen LogP contribution in [0, 0.1) is 17.8 Å². The molecule has 3 heterocycles. The average Bonchev–Trinajstić information content (AvgIpc) is 3.98. The van der Waals surface area contributed by atoms with Crippen molar-refractivity contribution in [3.63, 3.8) is 0 Å². The van der Waals surface area contributed by atoms with E-state index in [4.69, 9.17) is 14.2 Å². The highest BCUT2D eigenvalue weighted by molar-refractivity contribution is 7.91. The van der Waals surface area contributed by atoms with Crippen molar-refractivity contribution < 1.29 is 41.8 Å². The second-order valence-corrected chi connectivity index (χ2v) is 18.8. The van der Waals surface area contributed by atoms with Crippen molar-refractivity contribution in [1.29, 1.82) is 0 Å². The van der Waals surface area contributed by atoms with Crippen LogP contribution >= 0.6 is 0 Å². The third-order valence-electron chi connectivity index (χ3n) is 11.0. The molecule has 4 amide bonds. The number of carbonyl (C=O) groups is 4. The Morgan fingerprint density at radius 3 is 2.35 bits per heavy atom. The number of rotatable bonds is 7. The molecule has 1 aromatic carbocycles. The van der Waals surface area contributed by atoms with Crippen LogP contribution in [0.3, 0.4) is 0 Å². The molecule has 0 unspecified atom stereocenters. The average molecular weight is 769 g/mol. The SMILES string of the molecule is COc1nnc(O[C@@H]2C[C@H]3C(=O)N[C@]4(C(=O)NS(=O)(=O)C5(C)CC5)C[C@H]4/C=C\CC[C@H](C)C[C@@H](C)[C@H](NC(=O)OC(C)(C)C)C(=O)N3C2)c2ccccc12. The minimum atomic E-state index is -4.00. The number of alkyl carbamates (subject to hydrolysis) is 1. The summed E-state index contributed by atoms with van der Waals surface area (Å²) in [4.78, 5) is 57.6. The van der Waals surface area contributed by atoms with Gasteiger partial charge in [0.05, 0.1) is 29.2 Å². The fraction of sp³-hybridized carbons (Fsp3) is 0.632. The zero-order valence-corrected chi connectivity index (χ0v) is 32.8. The van der Waals surface area contributed by atoms with E-state index in [1.807, 2.05) is 37.3 Å². The smallest absolute Gasteiger partial charge is 0.408 e. The van der Waals surface area contributed by atoms with E-state index in [9.17, 15) is 27.6 Å². The first-order valence-corrected chi connectivity index (χ1v) is 20.2. The van der Waals surface area contributed by atoms with Crippen LogP contribution in [0.15, 0.2) is 36.4 Å². The molecule has 0 radical (unpaired) electrons. The van der Waals surface area contributed by atoms with Crippen molar-refractivity contribution in [3.05, 3.63) is 36.4 Å². The van der Waals surface area contributed by atoms with Gasteiger partial charge in [0, 0.05) is 12.3 Å². The van der Waals surface area contributed by atoms with Crippen LogP contribution in [0.2, 0.25) is 0 Å². The number of amides is 4. The van der Waals surface area contributed by atoms with E-state index < -0.39 is 73.8 Å². The molecule has 2 aromatic rings. The number of nitrogens with one attached hydrogen (secondary N) is 3. The second kappa shape index (κ2) is 14.6. The molecule has 0 bridgehead atoms. The molecule has 2 aliphatic carbocycles. The molecule has 16 heteroatoms. The maximum atomic E-state index is 14.7. The molecule has 15 nitrogen and oxygen atoms in total. The van der Waals surface area contributed by atoms with Gasteiger partial charge < -0.3 is 29.7 Å². The van der Waals surface area contributed by atoms with Crippen LogP contribution in [0.25, 0.3) is 10.8 Å². The van der Waals surface area contributed by atoms with E-state index in [1.54, 1.807) is 33.8 Å². The van der Waals surface area contributed by atoms with E-state index in [2.05, 4.69) is 32.5 Å². The normalized spacial score (nSPS) is 30.4. The summed E-state index contributed by atoms with van der Waals surface area (Å²) in [7, 11) is -2.51. The van der Waals surface area contributed by atoms with Gasteiger partial charge >= 0.3 is 6.09 Å². The Bertz CT molecular complexity index is 1940. The van der Waals surface area contributed by atoms with E-state index in [1.165, 1.54) is 12.0 Å². The Morgan fingerprint density at radius 1 is 1.04 bits per heavy atom. The third kappa shape index (κ3) is 8.13. The van der Waals surface area contributed by atoms with Gasteiger partial charge in [0.1, 0.15) is 29.3 Å². The highest BCUT2D eigenvalue weighted by atomic mass is 32.2. The Morgan fingerprint density at radius 2 is 1.70 bits per heavy atom. The molecule has 6 rings (SSSR count). The topological polar surface area (TPSA) is 195 Å². The van der Waals surface area contributed by atoms with Crippen LogP contribution in [0.5, 0.6) is 11.8 Å². The first kappa shape index (κ1) is 39.2. The molecule has 1 aromatic heterocycles. The lowest BCUT2D eigenvalue weighted by molar-refractivity contribution is -0.142. The molecule has 4 aliphatic rings. The van der Waals surface area contributed by atoms with Crippen molar-refractivity contribution in [2.75, 3.05) is 13.7 Å². The lowest BCUT2D eigenvalue weighted by Crippen LogP contribution is -2.59. The van der Waals surface area contributed by atoms with Crippen LogP contribution in [0.1, 0.15) is 86.5 Å². The van der Waals surface area contributed by atoms with Gasteiger partial charge in [0.15, 0.2) is 0 Å². The number of ether oxygens (including phenoxy) is 3. The van der Waals surface area contributed by atoms with Crippen molar-refractivity contribution >= 4 is 44.6 Å². The molecule has 7 atom stereocenters. The number of benzene rings is 1. The highest BCUT2D eigenvalue weighted by Crippen LogP contribution is 2.47. The third-order valence-corrected chi connectivity index (χ3v) is 13.2. The molecule has 54 heavy (non-hydrogen) atoms. The second-order valence-electron chi connectivity index (χ2n) is 16.6. The standard InChI is InChI=1S/C38H52N6O9S/c1-22-12-8-9-13-24-20-38(24,34(47)43-54(49,50)37(6)16-17-37)40-30(45)28-19-25(52-32-27-15-11-10-14-26(27)31(51-7)41-42-32)21-44(28)33(46)29(23(2)18-22)39-35(48)53-36(3,4)5/h9-11,13-15,22-25,28-29H,8,12,16-21H2,1-7H3,(H,39,48)(H,40,45)(H,43,47)/b13-9-/t22-,23+,24+,25+,28-,29-,38+/m0/s1. The van der Waals surface area contributed by atoms with Gasteiger partial charge in [-0.2, -0.15) is 0 Å². The Kier molecular flexibility index (Phi) is 10.6. The first-order valence-electron chi connectivity index (χ1n) is 18.7. The summed E-state index contributed by atoms with van der Waals surface area (Å²) in [6.45, 7) is 10.7. The number of sulfonamides is 1. The first-order chi connectivity index (χ1) is 25.4. The van der Waals surface area contributed by atoms with Crippen LogP contribution in [0.4, 0.5) is 4.79 Å². The molecule has 3 N–H and O–H groups in total. The van der Waals surface area contributed by atoms with Gasteiger partial charge in [-0.05, 0) is 90.2 Å². The number of allylic oxidation sites excluding steroid dienone is 1. The fourth-order valence-corrected chi connectivity index (χ4v) is 8.79. The summed E-state index contributed by atoms with van der Waals surface area (Å²) in [5.74, 6) is -2.14. The summed E-state index contributed by atoms with van der Waals surface area (Å²) in [6, 6.07) is 5.05. The van der Waals surface area contributed by atoms with E-state index in [0.29, 0.717) is 42.3 Å². The molecule has 1 saturated heterocycles. The minimum Gasteiger partial charge on any atom is -0.479 e. The van der Waals surface area contributed by atoms with Crippen LogP contribution in [-0.2, 0) is 29.1 Å².